The summed E-state index contributed by atoms with van der Waals surface area (Å²) in [5.41, 5.74) is 1.50. The van der Waals surface area contributed by atoms with Gasteiger partial charge in [-0.2, -0.15) is 0 Å². The van der Waals surface area contributed by atoms with Crippen molar-refractivity contribution in [3.63, 3.8) is 0 Å². The van der Waals surface area contributed by atoms with E-state index in [-0.39, 0.29) is 23.8 Å². The number of nitrogens with one attached hydrogen (secondary N) is 1. The van der Waals surface area contributed by atoms with Crippen molar-refractivity contribution in [1.82, 2.24) is 10.2 Å². The minimum atomic E-state index is -0.237. The van der Waals surface area contributed by atoms with Gasteiger partial charge in [0.2, 0.25) is 5.91 Å². The molecule has 0 aromatic rings. The molecule has 0 radical (unpaired) electrons. The average molecular weight is 334 g/mol. The zero-order valence-electron chi connectivity index (χ0n) is 14.6. The number of rotatable bonds is 5. The molecule has 0 bridgehead atoms. The molecule has 1 unspecified atom stereocenters. The van der Waals surface area contributed by atoms with E-state index in [9.17, 15) is 9.59 Å². The van der Waals surface area contributed by atoms with E-state index in [1.54, 1.807) is 0 Å². The Kier molecular flexibility index (Phi) is 6.30. The average Bonchev–Trinajstić information content (AvgIpc) is 3.17. The van der Waals surface area contributed by atoms with Crippen LogP contribution in [0, 0.1) is 5.92 Å². The topological polar surface area (TPSA) is 58.6 Å². The second-order valence-corrected chi connectivity index (χ2v) is 7.25. The maximum absolute atomic E-state index is 12.3. The minimum absolute atomic E-state index is 0.0545. The molecule has 0 aromatic heterocycles. The highest BCUT2D eigenvalue weighted by Gasteiger charge is 2.32. The van der Waals surface area contributed by atoms with E-state index in [0.29, 0.717) is 19.7 Å². The van der Waals surface area contributed by atoms with Crippen LogP contribution in [0.25, 0.3) is 0 Å². The SMILES string of the molecule is O=C(NCCC1=CCCCC1)C1CCN(C(=O)C2CCCO2)CC1. The van der Waals surface area contributed by atoms with Crippen molar-refractivity contribution in [2.75, 3.05) is 26.2 Å². The summed E-state index contributed by atoms with van der Waals surface area (Å²) in [5, 5.41) is 3.09. The molecule has 0 saturated carbocycles. The van der Waals surface area contributed by atoms with Gasteiger partial charge in [-0.25, -0.2) is 0 Å². The van der Waals surface area contributed by atoms with E-state index in [1.807, 2.05) is 4.90 Å². The lowest BCUT2D eigenvalue weighted by atomic mass is 9.94. The second-order valence-electron chi connectivity index (χ2n) is 7.25. The van der Waals surface area contributed by atoms with Crippen LogP contribution in [0.15, 0.2) is 11.6 Å². The number of carbonyl (C=O) groups excluding carboxylic acids is 2. The molecule has 2 amide bonds. The standard InChI is InChI=1S/C19H30N2O3/c22-18(20-11-8-15-5-2-1-3-6-15)16-9-12-21(13-10-16)19(23)17-7-4-14-24-17/h5,16-17H,1-4,6-14H2,(H,20,22). The van der Waals surface area contributed by atoms with E-state index >= 15 is 0 Å². The highest BCUT2D eigenvalue weighted by Crippen LogP contribution is 2.22. The normalized spacial score (nSPS) is 25.4. The summed E-state index contributed by atoms with van der Waals surface area (Å²) in [5.74, 6) is 0.338. The summed E-state index contributed by atoms with van der Waals surface area (Å²) in [4.78, 5) is 26.5. The Hall–Kier alpha value is -1.36. The van der Waals surface area contributed by atoms with E-state index in [4.69, 9.17) is 4.74 Å². The Bertz CT molecular complexity index is 475. The number of allylic oxidation sites excluding steroid dienone is 1. The summed E-state index contributed by atoms with van der Waals surface area (Å²) in [6, 6.07) is 0. The summed E-state index contributed by atoms with van der Waals surface area (Å²) in [6.45, 7) is 2.81. The van der Waals surface area contributed by atoms with Crippen molar-refractivity contribution in [3.05, 3.63) is 11.6 Å². The second kappa shape index (κ2) is 8.65. The van der Waals surface area contributed by atoms with Crippen LogP contribution >= 0.6 is 0 Å². The zero-order valence-corrected chi connectivity index (χ0v) is 14.6. The van der Waals surface area contributed by atoms with E-state index in [0.717, 1.165) is 38.6 Å². The van der Waals surface area contributed by atoms with Crippen LogP contribution in [-0.2, 0) is 14.3 Å². The molecule has 1 N–H and O–H groups in total. The number of ether oxygens (including phenoxy) is 1. The van der Waals surface area contributed by atoms with Gasteiger partial charge >= 0.3 is 0 Å². The van der Waals surface area contributed by atoms with Gasteiger partial charge < -0.3 is 15.0 Å². The minimum Gasteiger partial charge on any atom is -0.368 e. The van der Waals surface area contributed by atoms with Gasteiger partial charge in [-0.05, 0) is 57.8 Å². The molecule has 3 rings (SSSR count). The molecule has 134 valence electrons. The maximum Gasteiger partial charge on any atom is 0.251 e. The molecule has 0 spiro atoms. The summed E-state index contributed by atoms with van der Waals surface area (Å²) >= 11 is 0. The van der Waals surface area contributed by atoms with E-state index in [1.165, 1.54) is 31.3 Å². The third-order valence-electron chi connectivity index (χ3n) is 5.51. The van der Waals surface area contributed by atoms with Gasteiger partial charge in [0.1, 0.15) is 6.10 Å². The smallest absolute Gasteiger partial charge is 0.251 e. The number of hydrogen-bond acceptors (Lipinski definition) is 3. The van der Waals surface area contributed by atoms with Crippen molar-refractivity contribution in [2.45, 2.75) is 63.9 Å². The van der Waals surface area contributed by atoms with Gasteiger partial charge in [-0.3, -0.25) is 9.59 Å². The third-order valence-corrected chi connectivity index (χ3v) is 5.51. The maximum atomic E-state index is 12.3. The third kappa shape index (κ3) is 4.59. The molecule has 1 aliphatic carbocycles. The summed E-state index contributed by atoms with van der Waals surface area (Å²) in [7, 11) is 0. The summed E-state index contributed by atoms with van der Waals surface area (Å²) in [6.07, 6.45) is 11.4. The number of nitrogens with zero attached hydrogens (tertiary/aromatic N) is 1. The monoisotopic (exact) mass is 334 g/mol. The number of piperidine rings is 1. The van der Waals surface area contributed by atoms with Crippen molar-refractivity contribution in [1.29, 1.82) is 0 Å². The zero-order chi connectivity index (χ0) is 16.8. The predicted molar refractivity (Wildman–Crippen MR) is 92.5 cm³/mol. The fourth-order valence-corrected chi connectivity index (χ4v) is 3.96. The van der Waals surface area contributed by atoms with Crippen LogP contribution < -0.4 is 5.32 Å². The fourth-order valence-electron chi connectivity index (χ4n) is 3.96. The molecule has 2 heterocycles. The van der Waals surface area contributed by atoms with Gasteiger partial charge in [-0.15, -0.1) is 0 Å². The van der Waals surface area contributed by atoms with Gasteiger partial charge in [-0.1, -0.05) is 11.6 Å². The first kappa shape index (κ1) is 17.5. The Balaban J connectivity index is 1.35. The largest absolute Gasteiger partial charge is 0.368 e. The lowest BCUT2D eigenvalue weighted by Gasteiger charge is -2.32. The highest BCUT2D eigenvalue weighted by atomic mass is 16.5. The molecule has 5 nitrogen and oxygen atoms in total. The van der Waals surface area contributed by atoms with Crippen LogP contribution in [0.2, 0.25) is 0 Å². The highest BCUT2D eigenvalue weighted by molar-refractivity contribution is 5.82. The van der Waals surface area contributed by atoms with Crippen LogP contribution in [0.3, 0.4) is 0 Å². The molecule has 0 aromatic carbocycles. The molecule has 24 heavy (non-hydrogen) atoms. The Labute approximate surface area is 144 Å². The van der Waals surface area contributed by atoms with Crippen LogP contribution in [0.4, 0.5) is 0 Å². The number of likely N-dealkylation sites (tertiary alicyclic amines) is 1. The van der Waals surface area contributed by atoms with Crippen molar-refractivity contribution < 1.29 is 14.3 Å². The number of carbonyl (C=O) groups is 2. The molecule has 2 saturated heterocycles. The Morgan fingerprint density at radius 3 is 2.67 bits per heavy atom. The first-order valence-electron chi connectivity index (χ1n) is 9.60. The van der Waals surface area contributed by atoms with Gasteiger partial charge in [0, 0.05) is 32.2 Å². The molecular formula is C19H30N2O3. The van der Waals surface area contributed by atoms with E-state index < -0.39 is 0 Å². The summed E-state index contributed by atoms with van der Waals surface area (Å²) < 4.78 is 5.48. The van der Waals surface area contributed by atoms with Crippen LogP contribution in [-0.4, -0.2) is 49.1 Å². The molecule has 5 heteroatoms. The fraction of sp³-hybridized carbons (Fsp3) is 0.789. The molecule has 1 atom stereocenters. The first-order valence-corrected chi connectivity index (χ1v) is 9.60. The quantitative estimate of drug-likeness (QED) is 0.786. The number of hydrogen-bond donors (Lipinski definition) is 1. The molecule has 2 aliphatic heterocycles. The predicted octanol–water partition coefficient (Wildman–Crippen LogP) is 2.41. The molecule has 3 aliphatic rings. The van der Waals surface area contributed by atoms with Crippen LogP contribution in [0.5, 0.6) is 0 Å². The number of amides is 2. The lowest BCUT2D eigenvalue weighted by Crippen LogP contribution is -2.46. The lowest BCUT2D eigenvalue weighted by molar-refractivity contribution is -0.143. The van der Waals surface area contributed by atoms with Crippen molar-refractivity contribution in [2.24, 2.45) is 5.92 Å². The Morgan fingerprint density at radius 1 is 1.17 bits per heavy atom. The van der Waals surface area contributed by atoms with E-state index in [2.05, 4.69) is 11.4 Å². The van der Waals surface area contributed by atoms with Gasteiger partial charge in [0.25, 0.3) is 5.91 Å². The van der Waals surface area contributed by atoms with Gasteiger partial charge in [0.05, 0.1) is 0 Å². The van der Waals surface area contributed by atoms with Crippen molar-refractivity contribution in [3.8, 4) is 0 Å². The Morgan fingerprint density at radius 2 is 2.00 bits per heavy atom. The van der Waals surface area contributed by atoms with Crippen LogP contribution in [0.1, 0.15) is 57.8 Å². The van der Waals surface area contributed by atoms with Gasteiger partial charge in [0.15, 0.2) is 0 Å². The molecule has 2 fully saturated rings. The molecular weight excluding hydrogens is 304 g/mol. The first-order chi connectivity index (χ1) is 11.7. The van der Waals surface area contributed by atoms with Crippen molar-refractivity contribution >= 4 is 11.8 Å².